The summed E-state index contributed by atoms with van der Waals surface area (Å²) in [6.07, 6.45) is -0.297. The third kappa shape index (κ3) is 7.60. The molecule has 2 aliphatic heterocycles. The first-order valence-electron chi connectivity index (χ1n) is 13.8. The van der Waals surface area contributed by atoms with Gasteiger partial charge in [-0.2, -0.15) is 0 Å². The molecule has 4 bridgehead atoms. The summed E-state index contributed by atoms with van der Waals surface area (Å²) in [6.45, 7) is 5.35. The Morgan fingerprint density at radius 3 is 2.29 bits per heavy atom. The van der Waals surface area contributed by atoms with E-state index in [-0.39, 0.29) is 19.4 Å². The van der Waals surface area contributed by atoms with Gasteiger partial charge in [-0.3, -0.25) is 9.69 Å². The molecule has 3 aromatic carbocycles. The number of likely N-dealkylation sites (N-methyl/N-ethyl adjacent to an activating group) is 2. The van der Waals surface area contributed by atoms with Gasteiger partial charge in [-0.1, -0.05) is 48.5 Å². The molecule has 0 saturated carbocycles. The van der Waals surface area contributed by atoms with Crippen LogP contribution in [0.1, 0.15) is 37.5 Å². The average molecular weight is 575 g/mol. The second-order valence-corrected chi connectivity index (χ2v) is 11.3. The number of hydrogen-bond acceptors (Lipinski definition) is 7. The third-order valence-electron chi connectivity index (χ3n) is 6.98. The Hall–Kier alpha value is -4.53. The Morgan fingerprint density at radius 1 is 0.976 bits per heavy atom. The highest BCUT2D eigenvalue weighted by Crippen LogP contribution is 2.34. The van der Waals surface area contributed by atoms with Crippen LogP contribution in [0.4, 0.5) is 4.79 Å². The molecule has 222 valence electrons. The van der Waals surface area contributed by atoms with Crippen LogP contribution in [-0.2, 0) is 38.5 Å². The maximum atomic E-state index is 14.2. The summed E-state index contributed by atoms with van der Waals surface area (Å²) in [5.41, 5.74) is 1.60. The first kappa shape index (κ1) is 30.4. The Morgan fingerprint density at radius 2 is 1.64 bits per heavy atom. The number of amides is 2. The Kier molecular flexibility index (Phi) is 9.40. The summed E-state index contributed by atoms with van der Waals surface area (Å²) in [7, 11) is 4.65. The van der Waals surface area contributed by atoms with Crippen molar-refractivity contribution < 1.29 is 33.3 Å². The van der Waals surface area contributed by atoms with Crippen molar-refractivity contribution >= 4 is 18.0 Å². The fourth-order valence-electron chi connectivity index (χ4n) is 4.64. The minimum Gasteiger partial charge on any atom is -0.493 e. The van der Waals surface area contributed by atoms with Gasteiger partial charge in [-0.25, -0.2) is 9.59 Å². The molecule has 9 heteroatoms. The van der Waals surface area contributed by atoms with Gasteiger partial charge in [0.1, 0.15) is 30.0 Å². The quantitative estimate of drug-likeness (QED) is 0.377. The topological polar surface area (TPSA) is 94.6 Å². The van der Waals surface area contributed by atoms with E-state index in [0.29, 0.717) is 17.2 Å². The van der Waals surface area contributed by atoms with Crippen LogP contribution in [0.15, 0.2) is 72.8 Å². The van der Waals surface area contributed by atoms with E-state index >= 15 is 0 Å². The molecular formula is C33H38N2O7. The number of hydrogen-bond donors (Lipinski definition) is 0. The molecule has 0 radical (unpaired) electrons. The summed E-state index contributed by atoms with van der Waals surface area (Å²) < 4.78 is 22.9. The van der Waals surface area contributed by atoms with Crippen LogP contribution < -0.4 is 9.47 Å². The van der Waals surface area contributed by atoms with Crippen LogP contribution in [0.3, 0.4) is 0 Å². The number of benzene rings is 3. The highest BCUT2D eigenvalue weighted by molar-refractivity contribution is 5.90. The zero-order chi connectivity index (χ0) is 30.4. The Labute approximate surface area is 246 Å². The summed E-state index contributed by atoms with van der Waals surface area (Å²) >= 11 is 0. The van der Waals surface area contributed by atoms with E-state index in [9.17, 15) is 14.4 Å². The van der Waals surface area contributed by atoms with Crippen LogP contribution in [0, 0.1) is 0 Å². The van der Waals surface area contributed by atoms with Crippen molar-refractivity contribution in [2.24, 2.45) is 0 Å². The van der Waals surface area contributed by atoms with Crippen LogP contribution in [0.25, 0.3) is 0 Å². The van der Waals surface area contributed by atoms with E-state index in [2.05, 4.69) is 0 Å². The van der Waals surface area contributed by atoms with Gasteiger partial charge >= 0.3 is 12.1 Å². The maximum Gasteiger partial charge on any atom is 0.410 e. The number of nitrogens with zero attached hydrogens (tertiary/aromatic N) is 2. The van der Waals surface area contributed by atoms with Crippen molar-refractivity contribution in [3.05, 3.63) is 89.5 Å². The van der Waals surface area contributed by atoms with Gasteiger partial charge in [0.25, 0.3) is 0 Å². The van der Waals surface area contributed by atoms with Gasteiger partial charge in [0.2, 0.25) is 5.91 Å². The standard InChI is InChI=1S/C33H38N2O7/c1-33(2,3)42-32(38)35(5)26-18-22-12-15-25(16-13-22)41-29-20-24(14-17-28(29)39-6)19-27(34(4)30(26)36)31(37)40-21-23-10-8-7-9-11-23/h7-17,20,26-27H,18-19,21H2,1-6H3/t26-,27+/m0/s1. The maximum absolute atomic E-state index is 14.2. The average Bonchev–Trinajstić information content (AvgIpc) is 2.96. The summed E-state index contributed by atoms with van der Waals surface area (Å²) in [5.74, 6) is 0.596. The summed E-state index contributed by atoms with van der Waals surface area (Å²) in [6, 6.07) is 20.1. The normalized spacial score (nSPS) is 17.1. The molecule has 0 N–H and O–H groups in total. The van der Waals surface area contributed by atoms with Crippen molar-refractivity contribution in [1.82, 2.24) is 9.80 Å². The second kappa shape index (κ2) is 13.0. The molecule has 0 spiro atoms. The highest BCUT2D eigenvalue weighted by atomic mass is 16.6. The molecule has 2 heterocycles. The fraction of sp³-hybridized carbons (Fsp3) is 0.364. The molecule has 0 aromatic heterocycles. The highest BCUT2D eigenvalue weighted by Gasteiger charge is 2.37. The van der Waals surface area contributed by atoms with Crippen molar-refractivity contribution in [1.29, 1.82) is 0 Å². The van der Waals surface area contributed by atoms with Gasteiger partial charge < -0.3 is 23.8 Å². The molecule has 42 heavy (non-hydrogen) atoms. The third-order valence-corrected chi connectivity index (χ3v) is 6.98. The van der Waals surface area contributed by atoms with Gasteiger partial charge in [0.15, 0.2) is 11.5 Å². The lowest BCUT2D eigenvalue weighted by Gasteiger charge is -2.35. The van der Waals surface area contributed by atoms with Gasteiger partial charge in [-0.15, -0.1) is 0 Å². The zero-order valence-electron chi connectivity index (χ0n) is 25.0. The van der Waals surface area contributed by atoms with Crippen molar-refractivity contribution in [2.75, 3.05) is 21.2 Å². The molecular weight excluding hydrogens is 536 g/mol. The van der Waals surface area contributed by atoms with E-state index < -0.39 is 35.7 Å². The number of carbonyl (C=O) groups excluding carboxylic acids is 3. The van der Waals surface area contributed by atoms with Crippen LogP contribution in [-0.4, -0.2) is 66.7 Å². The van der Waals surface area contributed by atoms with Crippen LogP contribution >= 0.6 is 0 Å². The molecule has 0 fully saturated rings. The van der Waals surface area contributed by atoms with E-state index in [1.54, 1.807) is 59.2 Å². The number of esters is 1. The minimum absolute atomic E-state index is 0.0578. The Balaban J connectivity index is 1.74. The molecule has 0 saturated heterocycles. The molecule has 9 nitrogen and oxygen atoms in total. The molecule has 5 rings (SSSR count). The van der Waals surface area contributed by atoms with E-state index in [4.69, 9.17) is 18.9 Å². The predicted molar refractivity (Wildman–Crippen MR) is 157 cm³/mol. The largest absolute Gasteiger partial charge is 0.493 e. The lowest BCUT2D eigenvalue weighted by Crippen LogP contribution is -2.55. The lowest BCUT2D eigenvalue weighted by atomic mass is 10.00. The van der Waals surface area contributed by atoms with Crippen LogP contribution in [0.5, 0.6) is 17.2 Å². The van der Waals surface area contributed by atoms with E-state index in [1.807, 2.05) is 48.5 Å². The number of carbonyl (C=O) groups is 3. The number of rotatable bonds is 5. The summed E-state index contributed by atoms with van der Waals surface area (Å²) in [4.78, 5) is 43.5. The predicted octanol–water partition coefficient (Wildman–Crippen LogP) is 5.39. The molecule has 2 aliphatic rings. The van der Waals surface area contributed by atoms with Crippen molar-refractivity contribution in [2.45, 2.75) is 57.9 Å². The van der Waals surface area contributed by atoms with Crippen molar-refractivity contribution in [3.63, 3.8) is 0 Å². The van der Waals surface area contributed by atoms with Gasteiger partial charge in [-0.05, 0) is 61.7 Å². The molecule has 2 amide bonds. The first-order valence-corrected chi connectivity index (χ1v) is 13.8. The SMILES string of the molecule is COc1ccc2cc1Oc1ccc(cc1)C[C@H](N(C)C(=O)OC(C)(C)C)C(=O)N(C)[C@@H](C(=O)OCc1ccccc1)C2. The van der Waals surface area contributed by atoms with E-state index in [1.165, 1.54) is 16.8 Å². The smallest absolute Gasteiger partial charge is 0.410 e. The second-order valence-electron chi connectivity index (χ2n) is 11.3. The molecule has 0 unspecified atom stereocenters. The lowest BCUT2D eigenvalue weighted by molar-refractivity contribution is -0.156. The fourth-order valence-corrected chi connectivity index (χ4v) is 4.64. The number of ether oxygens (including phenoxy) is 4. The minimum atomic E-state index is -0.985. The number of fused-ring (bicyclic) bond motifs is 7. The first-order chi connectivity index (χ1) is 19.9. The zero-order valence-corrected chi connectivity index (χ0v) is 25.0. The van der Waals surface area contributed by atoms with E-state index in [0.717, 1.165) is 16.7 Å². The van der Waals surface area contributed by atoms with Gasteiger partial charge in [0, 0.05) is 26.9 Å². The van der Waals surface area contributed by atoms with Gasteiger partial charge in [0.05, 0.1) is 7.11 Å². The molecule has 0 aliphatic carbocycles. The van der Waals surface area contributed by atoms with Crippen LogP contribution in [0.2, 0.25) is 0 Å². The molecule has 2 atom stereocenters. The summed E-state index contributed by atoms with van der Waals surface area (Å²) in [5, 5.41) is 0. The van der Waals surface area contributed by atoms with Crippen molar-refractivity contribution in [3.8, 4) is 17.2 Å². The molecule has 3 aromatic rings. The Bertz CT molecular complexity index is 1400. The number of methoxy groups -OCH3 is 1. The monoisotopic (exact) mass is 574 g/mol.